The highest BCUT2D eigenvalue weighted by molar-refractivity contribution is 5.95. The maximum Gasteiger partial charge on any atom is 0.308 e. The van der Waals surface area contributed by atoms with E-state index in [1.54, 1.807) is 23.1 Å². The highest BCUT2D eigenvalue weighted by Gasteiger charge is 2.33. The van der Waals surface area contributed by atoms with Gasteiger partial charge in [0, 0.05) is 18.2 Å². The Labute approximate surface area is 136 Å². The molecule has 0 aliphatic carbocycles. The van der Waals surface area contributed by atoms with Gasteiger partial charge in [-0.2, -0.15) is 0 Å². The molecule has 2 unspecified atom stereocenters. The number of carboxylic acid groups (broad SMARTS) is 1. The van der Waals surface area contributed by atoms with Gasteiger partial charge in [0.1, 0.15) is 0 Å². The maximum absolute atomic E-state index is 12.8. The Morgan fingerprint density at radius 2 is 2.04 bits per heavy atom. The van der Waals surface area contributed by atoms with Gasteiger partial charge >= 0.3 is 5.97 Å². The zero-order chi connectivity index (χ0) is 17.0. The summed E-state index contributed by atoms with van der Waals surface area (Å²) in [6.45, 7) is 4.57. The molecule has 1 N–H and O–H groups in total. The van der Waals surface area contributed by atoms with Gasteiger partial charge in [-0.1, -0.05) is 0 Å². The highest BCUT2D eigenvalue weighted by atomic mass is 16.5. The predicted molar refractivity (Wildman–Crippen MR) is 85.0 cm³/mol. The zero-order valence-corrected chi connectivity index (χ0v) is 13.7. The number of likely N-dealkylation sites (tertiary alicyclic amines) is 1. The molecule has 6 nitrogen and oxygen atoms in total. The molecule has 1 fully saturated rings. The van der Waals surface area contributed by atoms with E-state index < -0.39 is 11.9 Å². The Morgan fingerprint density at radius 1 is 1.30 bits per heavy atom. The van der Waals surface area contributed by atoms with Gasteiger partial charge in [-0.15, -0.1) is 0 Å². The molecular weight excluding hydrogens is 298 g/mol. The maximum atomic E-state index is 12.8. The molecule has 2 rings (SSSR count). The number of benzene rings is 1. The van der Waals surface area contributed by atoms with Crippen LogP contribution in [0.4, 0.5) is 0 Å². The van der Waals surface area contributed by atoms with E-state index in [-0.39, 0.29) is 18.5 Å². The number of carboxylic acids is 1. The molecule has 0 spiro atoms. The molecule has 1 aromatic rings. The van der Waals surface area contributed by atoms with Crippen molar-refractivity contribution in [2.45, 2.75) is 32.7 Å². The molecule has 0 radical (unpaired) electrons. The number of rotatable bonds is 5. The fraction of sp³-hybridized carbons (Fsp3) is 0.529. The molecule has 0 aromatic heterocycles. The third-order valence-electron chi connectivity index (χ3n) is 4.20. The lowest BCUT2D eigenvalue weighted by Gasteiger charge is -2.36. The third-order valence-corrected chi connectivity index (χ3v) is 4.20. The summed E-state index contributed by atoms with van der Waals surface area (Å²) >= 11 is 0. The van der Waals surface area contributed by atoms with Gasteiger partial charge in [0.15, 0.2) is 11.5 Å². The van der Waals surface area contributed by atoms with Crippen molar-refractivity contribution in [2.24, 2.45) is 5.92 Å². The van der Waals surface area contributed by atoms with Crippen molar-refractivity contribution in [3.63, 3.8) is 0 Å². The fourth-order valence-corrected chi connectivity index (χ4v) is 2.83. The molecule has 126 valence electrons. The normalized spacial score (nSPS) is 20.9. The molecule has 1 aliphatic heterocycles. The van der Waals surface area contributed by atoms with Crippen LogP contribution in [0.15, 0.2) is 18.2 Å². The van der Waals surface area contributed by atoms with Crippen LogP contribution >= 0.6 is 0 Å². The molecule has 0 saturated carbocycles. The Balaban J connectivity index is 2.23. The minimum absolute atomic E-state index is 0.0238. The monoisotopic (exact) mass is 321 g/mol. The number of hydrogen-bond donors (Lipinski definition) is 1. The third kappa shape index (κ3) is 3.75. The zero-order valence-electron chi connectivity index (χ0n) is 13.7. The number of amides is 1. The Bertz CT molecular complexity index is 586. The first kappa shape index (κ1) is 17.1. The topological polar surface area (TPSA) is 76.1 Å². The Hall–Kier alpha value is -2.24. The minimum Gasteiger partial charge on any atom is -0.493 e. The van der Waals surface area contributed by atoms with Crippen molar-refractivity contribution >= 4 is 11.9 Å². The second-order valence-electron chi connectivity index (χ2n) is 5.72. The van der Waals surface area contributed by atoms with Crippen molar-refractivity contribution in [3.05, 3.63) is 23.8 Å². The van der Waals surface area contributed by atoms with Crippen LogP contribution in [-0.4, -0.2) is 48.2 Å². The standard InChI is InChI=1S/C17H23NO5/c1-4-23-14-8-7-12(9-15(14)22-3)16(19)18-10-13(17(20)21)6-5-11(18)2/h7-9,11,13H,4-6,10H2,1-3H3,(H,20,21). The smallest absolute Gasteiger partial charge is 0.308 e. The van der Waals surface area contributed by atoms with E-state index in [1.807, 2.05) is 13.8 Å². The van der Waals surface area contributed by atoms with E-state index in [1.165, 1.54) is 7.11 Å². The first-order valence-electron chi connectivity index (χ1n) is 7.82. The number of nitrogens with zero attached hydrogens (tertiary/aromatic N) is 1. The lowest BCUT2D eigenvalue weighted by atomic mass is 9.93. The summed E-state index contributed by atoms with van der Waals surface area (Å²) in [4.78, 5) is 25.6. The van der Waals surface area contributed by atoms with Crippen LogP contribution in [0.1, 0.15) is 37.0 Å². The van der Waals surface area contributed by atoms with Crippen LogP contribution in [0.3, 0.4) is 0 Å². The van der Waals surface area contributed by atoms with E-state index in [9.17, 15) is 14.7 Å². The number of methoxy groups -OCH3 is 1. The number of piperidine rings is 1. The van der Waals surface area contributed by atoms with E-state index >= 15 is 0 Å². The first-order valence-corrected chi connectivity index (χ1v) is 7.82. The molecule has 1 amide bonds. The molecule has 2 atom stereocenters. The van der Waals surface area contributed by atoms with E-state index in [2.05, 4.69) is 0 Å². The Kier molecular flexibility index (Phi) is 5.47. The lowest BCUT2D eigenvalue weighted by Crippen LogP contribution is -2.47. The Morgan fingerprint density at radius 3 is 2.65 bits per heavy atom. The quantitative estimate of drug-likeness (QED) is 0.901. The van der Waals surface area contributed by atoms with Gasteiger partial charge in [0.05, 0.1) is 19.6 Å². The first-order chi connectivity index (χ1) is 11.0. The predicted octanol–water partition coefficient (Wildman–Crippen LogP) is 2.42. The molecule has 1 heterocycles. The van der Waals surface area contributed by atoms with Gasteiger partial charge in [-0.25, -0.2) is 0 Å². The number of aliphatic carboxylic acids is 1. The van der Waals surface area contributed by atoms with Crippen molar-refractivity contribution in [1.29, 1.82) is 0 Å². The number of hydrogen-bond acceptors (Lipinski definition) is 4. The highest BCUT2D eigenvalue weighted by Crippen LogP contribution is 2.30. The number of carbonyl (C=O) groups excluding carboxylic acids is 1. The van der Waals surface area contributed by atoms with Gasteiger partial charge in [0.2, 0.25) is 0 Å². The van der Waals surface area contributed by atoms with Crippen LogP contribution in [0, 0.1) is 5.92 Å². The van der Waals surface area contributed by atoms with Gasteiger partial charge in [-0.05, 0) is 44.9 Å². The van der Waals surface area contributed by atoms with Crippen LogP contribution in [0.25, 0.3) is 0 Å². The van der Waals surface area contributed by atoms with E-state index in [4.69, 9.17) is 9.47 Å². The second kappa shape index (κ2) is 7.35. The summed E-state index contributed by atoms with van der Waals surface area (Å²) in [7, 11) is 1.52. The fourth-order valence-electron chi connectivity index (χ4n) is 2.83. The van der Waals surface area contributed by atoms with E-state index in [0.29, 0.717) is 36.5 Å². The summed E-state index contributed by atoms with van der Waals surface area (Å²) in [5, 5.41) is 9.20. The second-order valence-corrected chi connectivity index (χ2v) is 5.72. The summed E-state index contributed by atoms with van der Waals surface area (Å²) in [6.07, 6.45) is 1.30. The van der Waals surface area contributed by atoms with Crippen LogP contribution in [0.5, 0.6) is 11.5 Å². The average Bonchev–Trinajstić information content (AvgIpc) is 2.55. The van der Waals surface area contributed by atoms with Crippen molar-refractivity contribution in [1.82, 2.24) is 4.90 Å². The summed E-state index contributed by atoms with van der Waals surface area (Å²) in [6, 6.07) is 5.06. The molecule has 1 aliphatic rings. The van der Waals surface area contributed by atoms with Gasteiger partial charge in [-0.3, -0.25) is 9.59 Å². The molecule has 1 aromatic carbocycles. The van der Waals surface area contributed by atoms with E-state index in [0.717, 1.165) is 0 Å². The molecule has 6 heteroatoms. The van der Waals surface area contributed by atoms with Crippen LogP contribution in [0.2, 0.25) is 0 Å². The van der Waals surface area contributed by atoms with Crippen molar-refractivity contribution < 1.29 is 24.2 Å². The van der Waals surface area contributed by atoms with Crippen molar-refractivity contribution in [2.75, 3.05) is 20.3 Å². The summed E-state index contributed by atoms with van der Waals surface area (Å²) in [5.41, 5.74) is 0.475. The summed E-state index contributed by atoms with van der Waals surface area (Å²) in [5.74, 6) is -0.442. The molecule has 1 saturated heterocycles. The SMILES string of the molecule is CCOc1ccc(C(=O)N2CC(C(=O)O)CCC2C)cc1OC. The average molecular weight is 321 g/mol. The largest absolute Gasteiger partial charge is 0.493 e. The molecule has 23 heavy (non-hydrogen) atoms. The summed E-state index contributed by atoms with van der Waals surface area (Å²) < 4.78 is 10.7. The van der Waals surface area contributed by atoms with Crippen LogP contribution in [-0.2, 0) is 4.79 Å². The number of carbonyl (C=O) groups is 2. The van der Waals surface area contributed by atoms with Gasteiger partial charge in [0.25, 0.3) is 5.91 Å². The molecular formula is C17H23NO5. The van der Waals surface area contributed by atoms with Gasteiger partial charge < -0.3 is 19.5 Å². The minimum atomic E-state index is -0.848. The van der Waals surface area contributed by atoms with Crippen LogP contribution < -0.4 is 9.47 Å². The van der Waals surface area contributed by atoms with Crippen molar-refractivity contribution in [3.8, 4) is 11.5 Å². The molecule has 0 bridgehead atoms. The number of ether oxygens (including phenoxy) is 2. The lowest BCUT2D eigenvalue weighted by molar-refractivity contribution is -0.143.